The Morgan fingerprint density at radius 2 is 1.74 bits per heavy atom. The van der Waals surface area contributed by atoms with Crippen molar-refractivity contribution in [2.75, 3.05) is 24.9 Å². The molecule has 1 aliphatic heterocycles. The molecule has 1 aliphatic rings. The zero-order chi connectivity index (χ0) is 19.6. The minimum Gasteiger partial charge on any atom is -0.493 e. The quantitative estimate of drug-likeness (QED) is 0.784. The lowest BCUT2D eigenvalue weighted by Crippen LogP contribution is -2.41. The number of hydrogen-bond acceptors (Lipinski definition) is 5. The number of halogens is 1. The van der Waals surface area contributed by atoms with Crippen molar-refractivity contribution in [3.8, 4) is 11.5 Å². The SMILES string of the molecule is COc1ccc(C(=O)N(c2ccc(F)cc2)[C@H]2C=CS(=O)(=O)C2)cc1OC. The van der Waals surface area contributed by atoms with Crippen LogP contribution in [0.5, 0.6) is 11.5 Å². The number of methoxy groups -OCH3 is 2. The summed E-state index contributed by atoms with van der Waals surface area (Å²) >= 11 is 0. The predicted molar refractivity (Wildman–Crippen MR) is 99.5 cm³/mol. The van der Waals surface area contributed by atoms with Crippen LogP contribution in [0.3, 0.4) is 0 Å². The highest BCUT2D eigenvalue weighted by Gasteiger charge is 2.32. The van der Waals surface area contributed by atoms with Crippen LogP contribution >= 0.6 is 0 Å². The van der Waals surface area contributed by atoms with Crippen molar-refractivity contribution in [3.05, 3.63) is 65.3 Å². The van der Waals surface area contributed by atoms with Gasteiger partial charge in [0.1, 0.15) is 5.82 Å². The summed E-state index contributed by atoms with van der Waals surface area (Å²) in [7, 11) is -0.450. The lowest BCUT2D eigenvalue weighted by Gasteiger charge is -2.28. The van der Waals surface area contributed by atoms with E-state index in [0.717, 1.165) is 5.41 Å². The first-order valence-electron chi connectivity index (χ1n) is 8.07. The third-order valence-corrected chi connectivity index (χ3v) is 5.57. The minimum atomic E-state index is -3.39. The van der Waals surface area contributed by atoms with Crippen LogP contribution in [0.1, 0.15) is 10.4 Å². The number of carbonyl (C=O) groups is 1. The molecule has 1 amide bonds. The van der Waals surface area contributed by atoms with Gasteiger partial charge in [-0.1, -0.05) is 0 Å². The lowest BCUT2D eigenvalue weighted by molar-refractivity contribution is 0.0982. The van der Waals surface area contributed by atoms with Gasteiger partial charge in [-0.05, 0) is 48.5 Å². The largest absolute Gasteiger partial charge is 0.493 e. The molecule has 0 radical (unpaired) electrons. The van der Waals surface area contributed by atoms with E-state index in [2.05, 4.69) is 0 Å². The van der Waals surface area contributed by atoms with E-state index >= 15 is 0 Å². The van der Waals surface area contributed by atoms with E-state index in [0.29, 0.717) is 17.2 Å². The third-order valence-electron chi connectivity index (χ3n) is 4.20. The molecule has 0 saturated carbocycles. The predicted octanol–water partition coefficient (Wildman–Crippen LogP) is 2.80. The van der Waals surface area contributed by atoms with Gasteiger partial charge in [-0.15, -0.1) is 0 Å². The van der Waals surface area contributed by atoms with Gasteiger partial charge in [0.2, 0.25) is 0 Å². The molecule has 8 heteroatoms. The van der Waals surface area contributed by atoms with Crippen LogP contribution in [-0.4, -0.2) is 40.3 Å². The number of nitrogens with zero attached hydrogens (tertiary/aromatic N) is 1. The van der Waals surface area contributed by atoms with Crippen molar-refractivity contribution in [2.24, 2.45) is 0 Å². The van der Waals surface area contributed by atoms with E-state index < -0.39 is 27.6 Å². The van der Waals surface area contributed by atoms with Gasteiger partial charge in [0, 0.05) is 16.7 Å². The van der Waals surface area contributed by atoms with Gasteiger partial charge in [-0.2, -0.15) is 0 Å². The van der Waals surface area contributed by atoms with Crippen LogP contribution in [0.25, 0.3) is 0 Å². The zero-order valence-corrected chi connectivity index (χ0v) is 15.6. The van der Waals surface area contributed by atoms with Crippen molar-refractivity contribution < 1.29 is 27.1 Å². The molecule has 142 valence electrons. The van der Waals surface area contributed by atoms with Gasteiger partial charge >= 0.3 is 0 Å². The van der Waals surface area contributed by atoms with Crippen molar-refractivity contribution in [1.29, 1.82) is 0 Å². The highest BCUT2D eigenvalue weighted by Crippen LogP contribution is 2.30. The summed E-state index contributed by atoms with van der Waals surface area (Å²) in [5.74, 6) is -0.285. The maximum absolute atomic E-state index is 13.3. The molecule has 0 N–H and O–H groups in total. The van der Waals surface area contributed by atoms with E-state index in [1.807, 2.05) is 0 Å². The number of benzene rings is 2. The molecular weight excluding hydrogens is 373 g/mol. The van der Waals surface area contributed by atoms with Crippen molar-refractivity contribution in [1.82, 2.24) is 0 Å². The van der Waals surface area contributed by atoms with Gasteiger partial charge in [0.05, 0.1) is 26.0 Å². The number of rotatable bonds is 5. The fourth-order valence-corrected chi connectivity index (χ4v) is 4.16. The number of sulfone groups is 1. The smallest absolute Gasteiger partial charge is 0.258 e. The van der Waals surface area contributed by atoms with Gasteiger partial charge in [-0.3, -0.25) is 4.79 Å². The Hall–Kier alpha value is -2.87. The second-order valence-electron chi connectivity index (χ2n) is 5.95. The van der Waals surface area contributed by atoms with Crippen LogP contribution in [-0.2, 0) is 9.84 Å². The van der Waals surface area contributed by atoms with Crippen LogP contribution in [0, 0.1) is 5.82 Å². The van der Waals surface area contributed by atoms with Gasteiger partial charge in [0.15, 0.2) is 21.3 Å². The molecule has 27 heavy (non-hydrogen) atoms. The Morgan fingerprint density at radius 1 is 1.07 bits per heavy atom. The summed E-state index contributed by atoms with van der Waals surface area (Å²) in [5, 5.41) is 1.09. The molecule has 0 bridgehead atoms. The second-order valence-corrected chi connectivity index (χ2v) is 7.88. The standard InChI is InChI=1S/C19H18FNO5S/c1-25-17-8-3-13(11-18(17)26-2)19(22)21(15-6-4-14(20)5-7-15)16-9-10-27(23,24)12-16/h3-11,16H,12H2,1-2H3/t16-/m0/s1. The maximum Gasteiger partial charge on any atom is 0.258 e. The molecule has 2 aromatic rings. The van der Waals surface area contributed by atoms with Crippen LogP contribution in [0.15, 0.2) is 53.9 Å². The Morgan fingerprint density at radius 3 is 2.30 bits per heavy atom. The molecule has 2 aromatic carbocycles. The van der Waals surface area contributed by atoms with E-state index in [9.17, 15) is 17.6 Å². The van der Waals surface area contributed by atoms with Crippen molar-refractivity contribution >= 4 is 21.4 Å². The van der Waals surface area contributed by atoms with Gasteiger partial charge < -0.3 is 14.4 Å². The van der Waals surface area contributed by atoms with Crippen LogP contribution in [0.2, 0.25) is 0 Å². The van der Waals surface area contributed by atoms with Crippen molar-refractivity contribution in [3.63, 3.8) is 0 Å². The zero-order valence-electron chi connectivity index (χ0n) is 14.8. The average Bonchev–Trinajstić information content (AvgIpc) is 3.02. The Kier molecular flexibility index (Phi) is 5.18. The Balaban J connectivity index is 2.03. The fraction of sp³-hybridized carbons (Fsp3) is 0.211. The molecule has 6 nitrogen and oxygen atoms in total. The monoisotopic (exact) mass is 391 g/mol. The highest BCUT2D eigenvalue weighted by molar-refractivity contribution is 7.94. The van der Waals surface area contributed by atoms with Gasteiger partial charge in [-0.25, -0.2) is 12.8 Å². The molecule has 1 heterocycles. The van der Waals surface area contributed by atoms with E-state index in [4.69, 9.17) is 9.47 Å². The first kappa shape index (κ1) is 18.9. The number of anilines is 1. The second kappa shape index (κ2) is 7.40. The number of ether oxygens (including phenoxy) is 2. The van der Waals surface area contributed by atoms with Crippen molar-refractivity contribution in [2.45, 2.75) is 6.04 Å². The number of hydrogen-bond donors (Lipinski definition) is 0. The Bertz CT molecular complexity index is 986. The molecule has 3 rings (SSSR count). The average molecular weight is 391 g/mol. The number of amides is 1. The summed E-state index contributed by atoms with van der Waals surface area (Å²) < 4.78 is 47.4. The summed E-state index contributed by atoms with van der Waals surface area (Å²) in [6.45, 7) is 0. The van der Waals surface area contributed by atoms with Crippen LogP contribution < -0.4 is 14.4 Å². The maximum atomic E-state index is 13.3. The summed E-state index contributed by atoms with van der Waals surface area (Å²) in [6.07, 6.45) is 1.46. The molecule has 0 fully saturated rings. The topological polar surface area (TPSA) is 72.9 Å². The third kappa shape index (κ3) is 3.95. The number of carbonyl (C=O) groups excluding carboxylic acids is 1. The first-order chi connectivity index (χ1) is 12.8. The molecular formula is C19H18FNO5S. The summed E-state index contributed by atoms with van der Waals surface area (Å²) in [6, 6.07) is 9.30. The molecule has 0 spiro atoms. The summed E-state index contributed by atoms with van der Waals surface area (Å²) in [5.41, 5.74) is 0.678. The molecule has 0 saturated heterocycles. The van der Waals surface area contributed by atoms with Crippen LogP contribution in [0.4, 0.5) is 10.1 Å². The van der Waals surface area contributed by atoms with E-state index in [1.165, 1.54) is 55.5 Å². The molecule has 0 aromatic heterocycles. The van der Waals surface area contributed by atoms with E-state index in [-0.39, 0.29) is 11.3 Å². The lowest BCUT2D eigenvalue weighted by atomic mass is 10.1. The summed E-state index contributed by atoms with van der Waals surface area (Å²) in [4.78, 5) is 14.5. The molecule has 0 unspecified atom stereocenters. The first-order valence-corrected chi connectivity index (χ1v) is 9.78. The molecule has 0 aliphatic carbocycles. The normalized spacial score (nSPS) is 17.5. The minimum absolute atomic E-state index is 0.233. The Labute approximate surface area is 156 Å². The highest BCUT2D eigenvalue weighted by atomic mass is 32.2. The van der Waals surface area contributed by atoms with E-state index in [1.54, 1.807) is 12.1 Å². The molecule has 1 atom stereocenters. The van der Waals surface area contributed by atoms with Gasteiger partial charge in [0.25, 0.3) is 5.91 Å². The fourth-order valence-electron chi connectivity index (χ4n) is 2.89.